The van der Waals surface area contributed by atoms with Crippen LogP contribution in [-0.2, 0) is 0 Å². The molecule has 0 unspecified atom stereocenters. The minimum atomic E-state index is -0.589. The normalized spacial score (nSPS) is 11.2. The predicted octanol–water partition coefficient (Wildman–Crippen LogP) is 4.84. The zero-order valence-corrected chi connectivity index (χ0v) is 16.6. The Balaban J connectivity index is 1.64. The Kier molecular flexibility index (Phi) is 4.36. The number of para-hydroxylation sites is 1. The Hall–Kier alpha value is -4.26. The summed E-state index contributed by atoms with van der Waals surface area (Å²) in [6.45, 7) is 0. The number of benzene rings is 2. The van der Waals surface area contributed by atoms with Gasteiger partial charge in [0.15, 0.2) is 0 Å². The van der Waals surface area contributed by atoms with Crippen molar-refractivity contribution in [1.82, 2.24) is 0 Å². The first-order valence-electron chi connectivity index (χ1n) is 9.41. The van der Waals surface area contributed by atoms with Gasteiger partial charge in [-0.05, 0) is 30.3 Å². The van der Waals surface area contributed by atoms with Crippen LogP contribution < -0.4 is 20.7 Å². The summed E-state index contributed by atoms with van der Waals surface area (Å²) >= 11 is 0. The molecule has 2 aromatic carbocycles. The summed E-state index contributed by atoms with van der Waals surface area (Å²) in [6, 6.07) is 17.1. The molecule has 0 saturated heterocycles. The van der Waals surface area contributed by atoms with Crippen molar-refractivity contribution in [2.24, 2.45) is 0 Å². The molecule has 0 aliphatic carbocycles. The van der Waals surface area contributed by atoms with Gasteiger partial charge in [0.25, 0.3) is 0 Å². The van der Waals surface area contributed by atoms with E-state index in [1.54, 1.807) is 48.5 Å². The topological polar surface area (TPSA) is 92.0 Å². The molecule has 7 heteroatoms. The third kappa shape index (κ3) is 3.16. The van der Waals surface area contributed by atoms with Crippen LogP contribution in [0.25, 0.3) is 44.6 Å². The molecular weight excluding hydrogens is 400 g/mol. The van der Waals surface area contributed by atoms with Crippen LogP contribution in [0.4, 0.5) is 0 Å². The second kappa shape index (κ2) is 7.21. The molecule has 154 valence electrons. The molecule has 0 aliphatic rings. The Morgan fingerprint density at radius 3 is 2.06 bits per heavy atom. The minimum Gasteiger partial charge on any atom is -0.496 e. The smallest absolute Gasteiger partial charge is 0.347 e. The highest BCUT2D eigenvalue weighted by atomic mass is 16.5. The largest absolute Gasteiger partial charge is 0.496 e. The molecule has 3 aromatic heterocycles. The summed E-state index contributed by atoms with van der Waals surface area (Å²) in [5, 5.41) is 1.35. The molecule has 3 heterocycles. The van der Waals surface area contributed by atoms with E-state index in [2.05, 4.69) is 0 Å². The lowest BCUT2D eigenvalue weighted by Crippen LogP contribution is -2.03. The molecule has 0 radical (unpaired) electrons. The molecule has 0 N–H and O–H groups in total. The maximum atomic E-state index is 12.6. The van der Waals surface area contributed by atoms with E-state index in [1.165, 1.54) is 14.2 Å². The van der Waals surface area contributed by atoms with Gasteiger partial charge in [-0.3, -0.25) is 0 Å². The lowest BCUT2D eigenvalue weighted by molar-refractivity contribution is 0.396. The van der Waals surface area contributed by atoms with Crippen LogP contribution in [0, 0.1) is 0 Å². The number of methoxy groups -OCH3 is 2. The van der Waals surface area contributed by atoms with E-state index >= 15 is 0 Å². The van der Waals surface area contributed by atoms with Crippen LogP contribution in [-0.4, -0.2) is 14.2 Å². The van der Waals surface area contributed by atoms with Gasteiger partial charge in [-0.25, -0.2) is 9.59 Å². The quantitative estimate of drug-likeness (QED) is 0.387. The molecule has 0 bridgehead atoms. The molecule has 31 heavy (non-hydrogen) atoms. The molecule has 0 aliphatic heterocycles. The number of rotatable bonds is 4. The number of hydrogen-bond donors (Lipinski definition) is 0. The fraction of sp³-hybridized carbons (Fsp3) is 0.0833. The molecular formula is C24H16O7. The predicted molar refractivity (Wildman–Crippen MR) is 115 cm³/mol. The van der Waals surface area contributed by atoms with Crippen molar-refractivity contribution in [2.45, 2.75) is 0 Å². The molecule has 5 aromatic rings. The van der Waals surface area contributed by atoms with Crippen molar-refractivity contribution in [2.75, 3.05) is 14.2 Å². The number of hydrogen-bond acceptors (Lipinski definition) is 7. The lowest BCUT2D eigenvalue weighted by atomic mass is 10.1. The Morgan fingerprint density at radius 1 is 0.677 bits per heavy atom. The van der Waals surface area contributed by atoms with E-state index < -0.39 is 11.3 Å². The van der Waals surface area contributed by atoms with Crippen LogP contribution in [0.5, 0.6) is 11.5 Å². The molecule has 0 fully saturated rings. The summed E-state index contributed by atoms with van der Waals surface area (Å²) in [5.41, 5.74) is 0.158. The molecule has 0 atom stereocenters. The summed E-state index contributed by atoms with van der Waals surface area (Å²) < 4.78 is 27.3. The first-order valence-corrected chi connectivity index (χ1v) is 9.41. The summed E-state index contributed by atoms with van der Waals surface area (Å²) in [6.07, 6.45) is 0. The van der Waals surface area contributed by atoms with E-state index in [4.69, 9.17) is 22.7 Å². The van der Waals surface area contributed by atoms with Gasteiger partial charge >= 0.3 is 11.3 Å². The van der Waals surface area contributed by atoms with Gasteiger partial charge in [-0.1, -0.05) is 18.2 Å². The maximum absolute atomic E-state index is 12.6. The van der Waals surface area contributed by atoms with Gasteiger partial charge < -0.3 is 22.7 Å². The van der Waals surface area contributed by atoms with Crippen LogP contribution in [0.15, 0.2) is 83.5 Å². The van der Waals surface area contributed by atoms with Crippen LogP contribution in [0.3, 0.4) is 0 Å². The average Bonchev–Trinajstić information content (AvgIpc) is 3.26. The van der Waals surface area contributed by atoms with Crippen molar-refractivity contribution in [3.05, 3.63) is 81.5 Å². The van der Waals surface area contributed by atoms with E-state index in [0.29, 0.717) is 28.1 Å². The lowest BCUT2D eigenvalue weighted by Gasteiger charge is -2.08. The fourth-order valence-corrected chi connectivity index (χ4v) is 3.48. The monoisotopic (exact) mass is 416 g/mol. The van der Waals surface area contributed by atoms with Gasteiger partial charge in [0.1, 0.15) is 45.3 Å². The SMILES string of the molecule is COc1cc(OC)c2cc(-c3ccc(-c4cc5ccccc5oc4=O)o3)c(=O)oc2c1. The van der Waals surface area contributed by atoms with Crippen molar-refractivity contribution in [3.8, 4) is 34.1 Å². The molecule has 5 rings (SSSR count). The highest BCUT2D eigenvalue weighted by Crippen LogP contribution is 2.34. The summed E-state index contributed by atoms with van der Waals surface area (Å²) in [5.74, 6) is 1.54. The van der Waals surface area contributed by atoms with Crippen LogP contribution in [0.1, 0.15) is 0 Å². The zero-order chi connectivity index (χ0) is 21.5. The first kappa shape index (κ1) is 18.7. The highest BCUT2D eigenvalue weighted by molar-refractivity contribution is 5.88. The van der Waals surface area contributed by atoms with Gasteiger partial charge in [0.2, 0.25) is 0 Å². The number of furan rings is 1. The van der Waals surface area contributed by atoms with Crippen molar-refractivity contribution in [1.29, 1.82) is 0 Å². The molecule has 0 amide bonds. The maximum Gasteiger partial charge on any atom is 0.347 e. The average molecular weight is 416 g/mol. The number of ether oxygens (including phenoxy) is 2. The van der Waals surface area contributed by atoms with Gasteiger partial charge in [0.05, 0.1) is 19.6 Å². The van der Waals surface area contributed by atoms with Crippen LogP contribution >= 0.6 is 0 Å². The second-order valence-electron chi connectivity index (χ2n) is 6.84. The van der Waals surface area contributed by atoms with Gasteiger partial charge in [0, 0.05) is 17.5 Å². The standard InChI is InChI=1S/C24H16O7/c1-27-14-10-21(28-2)15-12-17(24(26)31-22(15)11-14)20-8-7-19(29-20)16-9-13-5-3-4-6-18(13)30-23(16)25/h3-12H,1-2H3. The number of fused-ring (bicyclic) bond motifs is 2. The Morgan fingerprint density at radius 2 is 1.35 bits per heavy atom. The van der Waals surface area contributed by atoms with Crippen molar-refractivity contribution < 1.29 is 22.7 Å². The zero-order valence-electron chi connectivity index (χ0n) is 16.6. The van der Waals surface area contributed by atoms with E-state index in [0.717, 1.165) is 5.39 Å². The van der Waals surface area contributed by atoms with Gasteiger partial charge in [-0.2, -0.15) is 0 Å². The highest BCUT2D eigenvalue weighted by Gasteiger charge is 2.18. The third-order valence-corrected chi connectivity index (χ3v) is 5.02. The summed E-state index contributed by atoms with van der Waals surface area (Å²) in [4.78, 5) is 25.1. The van der Waals surface area contributed by atoms with Gasteiger partial charge in [-0.15, -0.1) is 0 Å². The van der Waals surface area contributed by atoms with E-state index in [-0.39, 0.29) is 22.6 Å². The third-order valence-electron chi connectivity index (χ3n) is 5.02. The minimum absolute atomic E-state index is 0.201. The van der Waals surface area contributed by atoms with E-state index in [1.807, 2.05) is 12.1 Å². The van der Waals surface area contributed by atoms with Crippen LogP contribution in [0.2, 0.25) is 0 Å². The van der Waals surface area contributed by atoms with E-state index in [9.17, 15) is 9.59 Å². The molecule has 7 nitrogen and oxygen atoms in total. The molecule has 0 saturated carbocycles. The Bertz CT molecular complexity index is 1550. The fourth-order valence-electron chi connectivity index (χ4n) is 3.48. The first-order chi connectivity index (χ1) is 15.1. The van der Waals surface area contributed by atoms with Crippen molar-refractivity contribution >= 4 is 21.9 Å². The Labute approximate surface area is 175 Å². The van der Waals surface area contributed by atoms with Crippen molar-refractivity contribution in [3.63, 3.8) is 0 Å². The second-order valence-corrected chi connectivity index (χ2v) is 6.84. The molecule has 0 spiro atoms. The summed E-state index contributed by atoms with van der Waals surface area (Å²) in [7, 11) is 3.03.